The molecule has 170 valence electrons. The van der Waals surface area contributed by atoms with Crippen LogP contribution in [0.15, 0.2) is 59.1 Å². The van der Waals surface area contributed by atoms with Crippen LogP contribution in [-0.2, 0) is 4.74 Å². The zero-order valence-corrected chi connectivity index (χ0v) is 19.0. The molecule has 8 heteroatoms. The highest BCUT2D eigenvalue weighted by Crippen LogP contribution is 2.41. The maximum absolute atomic E-state index is 11.3. The van der Waals surface area contributed by atoms with Crippen molar-refractivity contribution in [1.29, 1.82) is 0 Å². The van der Waals surface area contributed by atoms with Gasteiger partial charge in [-0.05, 0) is 73.9 Å². The number of benzene rings is 1. The molecule has 0 bridgehead atoms. The number of pyridine rings is 1. The van der Waals surface area contributed by atoms with Gasteiger partial charge in [0.15, 0.2) is 5.11 Å². The Hall–Kier alpha value is -3.23. The summed E-state index contributed by atoms with van der Waals surface area (Å²) in [6, 6.07) is 14.5. The smallest absolute Gasteiger partial charge is 0.335 e. The summed E-state index contributed by atoms with van der Waals surface area (Å²) < 4.78 is 12.3. The van der Waals surface area contributed by atoms with Gasteiger partial charge in [-0.15, -0.1) is 0 Å². The number of carbonyl (C=O) groups is 1. The van der Waals surface area contributed by atoms with Gasteiger partial charge in [-0.2, -0.15) is 0 Å². The van der Waals surface area contributed by atoms with E-state index in [-0.39, 0.29) is 23.8 Å². The summed E-state index contributed by atoms with van der Waals surface area (Å²) >= 11 is 5.72. The quantitative estimate of drug-likeness (QED) is 0.517. The largest absolute Gasteiger partial charge is 0.478 e. The fraction of sp³-hybridized carbons (Fsp3) is 0.320. The van der Waals surface area contributed by atoms with Crippen LogP contribution in [0.4, 0.5) is 0 Å². The normalized spacial score (nSPS) is 22.5. The molecule has 1 aromatic carbocycles. The van der Waals surface area contributed by atoms with Gasteiger partial charge in [0.05, 0.1) is 23.4 Å². The van der Waals surface area contributed by atoms with Crippen LogP contribution >= 0.6 is 12.2 Å². The number of aromatic carboxylic acids is 1. The molecule has 2 aromatic heterocycles. The second-order valence-corrected chi connectivity index (χ2v) is 8.84. The van der Waals surface area contributed by atoms with Crippen molar-refractivity contribution >= 4 is 23.3 Å². The highest BCUT2D eigenvalue weighted by molar-refractivity contribution is 7.80. The van der Waals surface area contributed by atoms with Crippen LogP contribution in [0.1, 0.15) is 52.3 Å². The Morgan fingerprint density at radius 2 is 2.15 bits per heavy atom. The molecule has 2 aliphatic heterocycles. The van der Waals surface area contributed by atoms with E-state index < -0.39 is 5.97 Å². The zero-order valence-electron chi connectivity index (χ0n) is 18.2. The molecule has 0 amide bonds. The standard InChI is InChI=1S/C25H25N3O4S/c1-15-13-16(24(29)30)7-8-18(15)20-9-10-21(32-20)23-22(19-6-2-3-11-26-19)27-25(33)28(23)14-17-5-4-12-31-17/h2-3,6-11,13,17,22-23H,4-5,12,14H2,1H3,(H,27,33)(H,29,30)/t17-,22-,23+/m0/s1. The van der Waals surface area contributed by atoms with Gasteiger partial charge >= 0.3 is 5.97 Å². The molecule has 33 heavy (non-hydrogen) atoms. The Bertz CT molecular complexity index is 1170. The van der Waals surface area contributed by atoms with E-state index >= 15 is 0 Å². The van der Waals surface area contributed by atoms with Crippen LogP contribution in [0.3, 0.4) is 0 Å². The number of rotatable bonds is 6. The van der Waals surface area contributed by atoms with E-state index in [9.17, 15) is 9.90 Å². The summed E-state index contributed by atoms with van der Waals surface area (Å²) in [4.78, 5) is 18.0. The van der Waals surface area contributed by atoms with Crippen molar-refractivity contribution < 1.29 is 19.1 Å². The Labute approximate surface area is 197 Å². The van der Waals surface area contributed by atoms with Crippen molar-refractivity contribution in [1.82, 2.24) is 15.2 Å². The number of carboxylic acid groups (broad SMARTS) is 1. The maximum atomic E-state index is 11.3. The molecule has 3 atom stereocenters. The molecule has 2 N–H and O–H groups in total. The topological polar surface area (TPSA) is 87.8 Å². The molecule has 0 spiro atoms. The predicted molar refractivity (Wildman–Crippen MR) is 127 cm³/mol. The van der Waals surface area contributed by atoms with Crippen molar-refractivity contribution in [3.8, 4) is 11.3 Å². The highest BCUT2D eigenvalue weighted by Gasteiger charge is 2.42. The Morgan fingerprint density at radius 3 is 2.85 bits per heavy atom. The summed E-state index contributed by atoms with van der Waals surface area (Å²) in [6.45, 7) is 3.35. The third-order valence-corrected chi connectivity index (χ3v) is 6.63. The van der Waals surface area contributed by atoms with Gasteiger partial charge in [-0.25, -0.2) is 4.79 Å². The molecule has 2 aliphatic rings. The average Bonchev–Trinajstić information content (AvgIpc) is 3.56. The molecule has 2 fully saturated rings. The molecular formula is C25H25N3O4S. The first-order valence-corrected chi connectivity index (χ1v) is 11.5. The van der Waals surface area contributed by atoms with Crippen molar-refractivity contribution in [3.05, 3.63) is 77.3 Å². The first-order valence-electron chi connectivity index (χ1n) is 11.0. The minimum absolute atomic E-state index is 0.134. The lowest BCUT2D eigenvalue weighted by Crippen LogP contribution is -2.36. The molecule has 0 saturated carbocycles. The number of nitrogens with one attached hydrogen (secondary N) is 1. The zero-order chi connectivity index (χ0) is 22.9. The number of thiocarbonyl (C=S) groups is 1. The van der Waals surface area contributed by atoms with Crippen molar-refractivity contribution in [2.45, 2.75) is 38.0 Å². The van der Waals surface area contributed by atoms with Gasteiger partial charge in [0.2, 0.25) is 0 Å². The fourth-order valence-electron chi connectivity index (χ4n) is 4.65. The monoisotopic (exact) mass is 463 g/mol. The third kappa shape index (κ3) is 4.24. The van der Waals surface area contributed by atoms with Gasteiger partial charge < -0.3 is 24.5 Å². The minimum Gasteiger partial charge on any atom is -0.478 e. The summed E-state index contributed by atoms with van der Waals surface area (Å²) in [6.07, 6.45) is 3.98. The van der Waals surface area contributed by atoms with Crippen LogP contribution in [0, 0.1) is 6.92 Å². The molecule has 5 rings (SSSR count). The Kier molecular flexibility index (Phi) is 5.86. The van der Waals surface area contributed by atoms with E-state index in [4.69, 9.17) is 21.4 Å². The Morgan fingerprint density at radius 1 is 1.27 bits per heavy atom. The number of hydrogen-bond acceptors (Lipinski definition) is 5. The second kappa shape index (κ2) is 8.96. The predicted octanol–water partition coefficient (Wildman–Crippen LogP) is 4.50. The van der Waals surface area contributed by atoms with Crippen molar-refractivity contribution in [2.75, 3.05) is 13.2 Å². The number of aryl methyl sites for hydroxylation is 1. The number of hydrogen-bond donors (Lipinski definition) is 2. The molecule has 0 radical (unpaired) electrons. The summed E-state index contributed by atoms with van der Waals surface area (Å²) in [5, 5.41) is 13.4. The number of aromatic nitrogens is 1. The van der Waals surface area contributed by atoms with Gasteiger partial charge in [-0.1, -0.05) is 12.1 Å². The third-order valence-electron chi connectivity index (χ3n) is 6.28. The van der Waals surface area contributed by atoms with E-state index in [1.165, 1.54) is 0 Å². The summed E-state index contributed by atoms with van der Waals surface area (Å²) in [5.41, 5.74) is 2.85. The fourth-order valence-corrected chi connectivity index (χ4v) is 4.96. The van der Waals surface area contributed by atoms with Crippen LogP contribution in [0.5, 0.6) is 0 Å². The summed E-state index contributed by atoms with van der Waals surface area (Å²) in [7, 11) is 0. The molecule has 3 aromatic rings. The number of furan rings is 1. The lowest BCUT2D eigenvalue weighted by Gasteiger charge is -2.28. The lowest BCUT2D eigenvalue weighted by molar-refractivity contribution is 0.0696. The lowest BCUT2D eigenvalue weighted by atomic mass is 10.0. The first kappa shape index (κ1) is 21.6. The van der Waals surface area contributed by atoms with E-state index in [1.807, 2.05) is 37.3 Å². The maximum Gasteiger partial charge on any atom is 0.335 e. The molecular weight excluding hydrogens is 438 g/mol. The number of nitrogens with zero attached hydrogens (tertiary/aromatic N) is 2. The molecule has 0 unspecified atom stereocenters. The van der Waals surface area contributed by atoms with Crippen molar-refractivity contribution in [3.63, 3.8) is 0 Å². The second-order valence-electron chi connectivity index (χ2n) is 8.45. The van der Waals surface area contributed by atoms with Crippen molar-refractivity contribution in [2.24, 2.45) is 0 Å². The minimum atomic E-state index is -0.946. The van der Waals surface area contributed by atoms with Crippen LogP contribution < -0.4 is 5.32 Å². The molecule has 7 nitrogen and oxygen atoms in total. The van der Waals surface area contributed by atoms with E-state index in [2.05, 4.69) is 15.2 Å². The van der Waals surface area contributed by atoms with Gasteiger partial charge in [0, 0.05) is 24.9 Å². The van der Waals surface area contributed by atoms with Crippen LogP contribution in [-0.4, -0.2) is 45.3 Å². The van der Waals surface area contributed by atoms with E-state index in [0.717, 1.165) is 42.0 Å². The molecule has 4 heterocycles. The SMILES string of the molecule is Cc1cc(C(=O)O)ccc1-c1ccc([C@@H]2[C@H](c3ccccn3)NC(=S)N2C[C@@H]2CCCO2)o1. The highest BCUT2D eigenvalue weighted by atomic mass is 32.1. The van der Waals surface area contributed by atoms with E-state index in [0.29, 0.717) is 17.4 Å². The van der Waals surface area contributed by atoms with Gasteiger partial charge in [0.25, 0.3) is 0 Å². The average molecular weight is 464 g/mol. The van der Waals surface area contributed by atoms with E-state index in [1.54, 1.807) is 24.4 Å². The first-order chi connectivity index (χ1) is 16.0. The molecule has 2 saturated heterocycles. The Balaban J connectivity index is 1.50. The van der Waals surface area contributed by atoms with Gasteiger partial charge in [0.1, 0.15) is 17.6 Å². The van der Waals surface area contributed by atoms with Gasteiger partial charge in [-0.3, -0.25) is 4.98 Å². The van der Waals surface area contributed by atoms with Crippen LogP contribution in [0.2, 0.25) is 0 Å². The molecule has 0 aliphatic carbocycles. The summed E-state index contributed by atoms with van der Waals surface area (Å²) in [5.74, 6) is 0.514. The van der Waals surface area contributed by atoms with Crippen LogP contribution in [0.25, 0.3) is 11.3 Å². The number of carboxylic acids is 1. The number of ether oxygens (including phenoxy) is 1.